The second-order valence-corrected chi connectivity index (χ2v) is 9.18. The van der Waals surface area contributed by atoms with Gasteiger partial charge in [0, 0.05) is 12.0 Å². The molecule has 0 radical (unpaired) electrons. The van der Waals surface area contributed by atoms with Gasteiger partial charge in [0.15, 0.2) is 6.29 Å². The van der Waals surface area contributed by atoms with Gasteiger partial charge in [0.25, 0.3) is 10.0 Å². The summed E-state index contributed by atoms with van der Waals surface area (Å²) < 4.78 is 43.8. The first-order valence-electron chi connectivity index (χ1n) is 10.0. The lowest BCUT2D eigenvalue weighted by Crippen LogP contribution is -2.32. The predicted molar refractivity (Wildman–Crippen MR) is 113 cm³/mol. The molecule has 1 atom stereocenters. The Balaban J connectivity index is 1.76. The minimum Gasteiger partial charge on any atom is -0.465 e. The van der Waals surface area contributed by atoms with Crippen LogP contribution in [0.15, 0.2) is 53.4 Å². The van der Waals surface area contributed by atoms with Gasteiger partial charge in [-0.2, -0.15) is 0 Å². The second kappa shape index (κ2) is 9.95. The minimum atomic E-state index is -4.09. The first kappa shape index (κ1) is 22.1. The third-order valence-electron chi connectivity index (χ3n) is 4.51. The minimum absolute atomic E-state index is 0.00391. The van der Waals surface area contributed by atoms with Crippen molar-refractivity contribution in [3.8, 4) is 16.9 Å². The van der Waals surface area contributed by atoms with Crippen molar-refractivity contribution in [3.05, 3.63) is 48.5 Å². The standard InChI is InChI=1S/C22H27NO6S/c1-16(2)15-28-22(24)23-30(25,26)20-8-4-3-7-19(20)17-10-12-18(13-11-17)29-21-9-5-6-14-27-21/h3-4,7-8,10-13,16,21H,5-6,9,14-15H2,1-2H3,(H,23,24). The second-order valence-electron chi connectivity index (χ2n) is 7.53. The van der Waals surface area contributed by atoms with Crippen molar-refractivity contribution in [2.75, 3.05) is 13.2 Å². The number of ether oxygens (including phenoxy) is 3. The van der Waals surface area contributed by atoms with E-state index in [-0.39, 0.29) is 23.7 Å². The van der Waals surface area contributed by atoms with Crippen LogP contribution in [0.4, 0.5) is 4.79 Å². The summed E-state index contributed by atoms with van der Waals surface area (Å²) in [5.74, 6) is 0.756. The van der Waals surface area contributed by atoms with Crippen LogP contribution >= 0.6 is 0 Å². The number of benzene rings is 2. The number of rotatable bonds is 7. The highest BCUT2D eigenvalue weighted by molar-refractivity contribution is 7.90. The predicted octanol–water partition coefficient (Wildman–Crippen LogP) is 4.33. The first-order chi connectivity index (χ1) is 14.3. The summed E-state index contributed by atoms with van der Waals surface area (Å²) in [6.45, 7) is 4.56. The van der Waals surface area contributed by atoms with Gasteiger partial charge in [0.05, 0.1) is 18.1 Å². The van der Waals surface area contributed by atoms with Crippen molar-refractivity contribution in [1.29, 1.82) is 0 Å². The number of amides is 1. The molecular formula is C22H27NO6S. The molecule has 1 aliphatic heterocycles. The van der Waals surface area contributed by atoms with E-state index in [1.165, 1.54) is 6.07 Å². The lowest BCUT2D eigenvalue weighted by Gasteiger charge is -2.23. The van der Waals surface area contributed by atoms with Crippen LogP contribution in [0.2, 0.25) is 0 Å². The van der Waals surface area contributed by atoms with Crippen LogP contribution in [-0.2, 0) is 19.5 Å². The fourth-order valence-electron chi connectivity index (χ4n) is 3.04. The van der Waals surface area contributed by atoms with Crippen molar-refractivity contribution in [3.63, 3.8) is 0 Å². The molecule has 2 aromatic rings. The molecule has 2 aromatic carbocycles. The molecule has 30 heavy (non-hydrogen) atoms. The van der Waals surface area contributed by atoms with Crippen LogP contribution in [0.3, 0.4) is 0 Å². The highest BCUT2D eigenvalue weighted by atomic mass is 32.2. The number of sulfonamides is 1. The number of hydrogen-bond acceptors (Lipinski definition) is 6. The maximum atomic E-state index is 12.8. The van der Waals surface area contributed by atoms with Crippen molar-refractivity contribution in [2.45, 2.75) is 44.3 Å². The monoisotopic (exact) mass is 433 g/mol. The number of carbonyl (C=O) groups is 1. The van der Waals surface area contributed by atoms with Crippen molar-refractivity contribution in [2.24, 2.45) is 5.92 Å². The van der Waals surface area contributed by atoms with Crippen LogP contribution in [0.25, 0.3) is 11.1 Å². The van der Waals surface area contributed by atoms with E-state index in [1.54, 1.807) is 42.5 Å². The number of carbonyl (C=O) groups excluding carboxylic acids is 1. The average molecular weight is 434 g/mol. The Kier molecular flexibility index (Phi) is 7.33. The molecule has 0 saturated carbocycles. The highest BCUT2D eigenvalue weighted by Crippen LogP contribution is 2.29. The zero-order chi connectivity index (χ0) is 21.6. The molecule has 1 heterocycles. The van der Waals surface area contributed by atoms with E-state index in [2.05, 4.69) is 0 Å². The third-order valence-corrected chi connectivity index (χ3v) is 5.88. The molecule has 3 rings (SSSR count). The Hall–Kier alpha value is -2.58. The van der Waals surface area contributed by atoms with Crippen molar-refractivity contribution < 1.29 is 27.4 Å². The molecule has 162 valence electrons. The average Bonchev–Trinajstić information content (AvgIpc) is 2.73. The SMILES string of the molecule is CC(C)COC(=O)NS(=O)(=O)c1ccccc1-c1ccc(OC2CCCCO2)cc1. The topological polar surface area (TPSA) is 90.9 Å². The summed E-state index contributed by atoms with van der Waals surface area (Å²) in [7, 11) is -4.09. The quantitative estimate of drug-likeness (QED) is 0.699. The zero-order valence-corrected chi connectivity index (χ0v) is 18.0. The van der Waals surface area contributed by atoms with Crippen LogP contribution in [-0.4, -0.2) is 34.0 Å². The Morgan fingerprint density at radius 2 is 1.87 bits per heavy atom. The van der Waals surface area contributed by atoms with Gasteiger partial charge in [-0.15, -0.1) is 0 Å². The molecule has 1 saturated heterocycles. The van der Waals surface area contributed by atoms with E-state index in [1.807, 2.05) is 18.6 Å². The van der Waals surface area contributed by atoms with Gasteiger partial charge in [-0.25, -0.2) is 17.9 Å². The molecule has 1 amide bonds. The van der Waals surface area contributed by atoms with Gasteiger partial charge in [-0.3, -0.25) is 0 Å². The van der Waals surface area contributed by atoms with Gasteiger partial charge in [-0.1, -0.05) is 44.2 Å². The van der Waals surface area contributed by atoms with E-state index in [4.69, 9.17) is 14.2 Å². The molecule has 0 bridgehead atoms. The summed E-state index contributed by atoms with van der Waals surface area (Å²) in [5, 5.41) is 0. The molecule has 1 unspecified atom stereocenters. The summed E-state index contributed by atoms with van der Waals surface area (Å²) in [6.07, 6.45) is 1.72. The number of nitrogens with one attached hydrogen (secondary N) is 1. The van der Waals surface area contributed by atoms with Gasteiger partial charge >= 0.3 is 6.09 Å². The Morgan fingerprint density at radius 1 is 1.13 bits per heavy atom. The fourth-order valence-corrected chi connectivity index (χ4v) is 4.17. The Labute approximate surface area is 177 Å². The Morgan fingerprint density at radius 3 is 2.53 bits per heavy atom. The third kappa shape index (κ3) is 5.96. The van der Waals surface area contributed by atoms with Gasteiger partial charge in [0.1, 0.15) is 5.75 Å². The molecule has 8 heteroatoms. The van der Waals surface area contributed by atoms with E-state index in [9.17, 15) is 13.2 Å². The molecular weight excluding hydrogens is 406 g/mol. The molecule has 7 nitrogen and oxygen atoms in total. The first-order valence-corrected chi connectivity index (χ1v) is 11.5. The molecule has 0 aromatic heterocycles. The maximum Gasteiger partial charge on any atom is 0.421 e. The Bertz CT molecular complexity index is 950. The van der Waals surface area contributed by atoms with Crippen LogP contribution in [0.1, 0.15) is 33.1 Å². The summed E-state index contributed by atoms with van der Waals surface area (Å²) in [4.78, 5) is 11.9. The highest BCUT2D eigenvalue weighted by Gasteiger charge is 2.23. The smallest absolute Gasteiger partial charge is 0.421 e. The summed E-state index contributed by atoms with van der Waals surface area (Å²) >= 11 is 0. The van der Waals surface area contributed by atoms with Crippen molar-refractivity contribution >= 4 is 16.1 Å². The lowest BCUT2D eigenvalue weighted by molar-refractivity contribution is -0.105. The molecule has 0 aliphatic carbocycles. The molecule has 0 spiro atoms. The zero-order valence-electron chi connectivity index (χ0n) is 17.2. The molecule has 1 fully saturated rings. The van der Waals surface area contributed by atoms with E-state index < -0.39 is 16.1 Å². The fraction of sp³-hybridized carbons (Fsp3) is 0.409. The van der Waals surface area contributed by atoms with Gasteiger partial charge < -0.3 is 14.2 Å². The lowest BCUT2D eigenvalue weighted by atomic mass is 10.1. The van der Waals surface area contributed by atoms with E-state index >= 15 is 0 Å². The van der Waals surface area contributed by atoms with E-state index in [0.29, 0.717) is 23.5 Å². The summed E-state index contributed by atoms with van der Waals surface area (Å²) in [5.41, 5.74) is 1.16. The van der Waals surface area contributed by atoms with Crippen LogP contribution < -0.4 is 9.46 Å². The summed E-state index contributed by atoms with van der Waals surface area (Å²) in [6, 6.07) is 13.6. The van der Waals surface area contributed by atoms with Crippen molar-refractivity contribution in [1.82, 2.24) is 4.72 Å². The largest absolute Gasteiger partial charge is 0.465 e. The van der Waals surface area contributed by atoms with Gasteiger partial charge in [0.2, 0.25) is 0 Å². The molecule has 1 aliphatic rings. The normalized spacial score (nSPS) is 16.8. The van der Waals surface area contributed by atoms with Gasteiger partial charge in [-0.05, 0) is 42.5 Å². The van der Waals surface area contributed by atoms with Crippen LogP contribution in [0.5, 0.6) is 5.75 Å². The van der Waals surface area contributed by atoms with E-state index in [0.717, 1.165) is 19.3 Å². The number of hydrogen-bond donors (Lipinski definition) is 1. The molecule has 1 N–H and O–H groups in total. The maximum absolute atomic E-state index is 12.8. The van der Waals surface area contributed by atoms with Crippen LogP contribution in [0, 0.1) is 5.92 Å².